The van der Waals surface area contributed by atoms with Crippen molar-refractivity contribution in [2.24, 2.45) is 0 Å². The number of aromatic nitrogens is 2. The molecule has 5 nitrogen and oxygen atoms in total. The Labute approximate surface area is 204 Å². The Bertz CT molecular complexity index is 1420. The number of rotatable bonds is 4. The SMILES string of the molecule is CC1=C(c2nc(-c3ccc(F)cc3)no2)C(c2cccc(Cl)c2)NC(=S)N1c1cccc(F)c1. The van der Waals surface area contributed by atoms with Crippen molar-refractivity contribution in [2.45, 2.75) is 13.0 Å². The van der Waals surface area contributed by atoms with Gasteiger partial charge in [-0.05, 0) is 79.3 Å². The minimum atomic E-state index is -0.447. The summed E-state index contributed by atoms with van der Waals surface area (Å²) in [7, 11) is 0. The van der Waals surface area contributed by atoms with E-state index in [-0.39, 0.29) is 17.5 Å². The normalized spacial score (nSPS) is 16.1. The first kappa shape index (κ1) is 22.2. The molecule has 1 aliphatic heterocycles. The second kappa shape index (κ2) is 8.96. The molecule has 34 heavy (non-hydrogen) atoms. The van der Waals surface area contributed by atoms with Gasteiger partial charge in [0.25, 0.3) is 5.89 Å². The van der Waals surface area contributed by atoms with E-state index in [1.807, 2.05) is 25.1 Å². The van der Waals surface area contributed by atoms with Crippen LogP contribution in [0.2, 0.25) is 5.02 Å². The van der Waals surface area contributed by atoms with Crippen molar-refractivity contribution >= 4 is 40.2 Å². The van der Waals surface area contributed by atoms with E-state index < -0.39 is 6.04 Å². The molecule has 1 aromatic heterocycles. The Kier molecular flexibility index (Phi) is 5.85. The quantitative estimate of drug-likeness (QED) is 0.325. The Morgan fingerprint density at radius 2 is 1.76 bits per heavy atom. The highest BCUT2D eigenvalue weighted by molar-refractivity contribution is 7.80. The first-order valence-corrected chi connectivity index (χ1v) is 11.1. The molecule has 1 aliphatic rings. The lowest BCUT2D eigenvalue weighted by Gasteiger charge is -2.37. The number of hydrogen-bond donors (Lipinski definition) is 1. The molecule has 0 spiro atoms. The van der Waals surface area contributed by atoms with Gasteiger partial charge < -0.3 is 9.84 Å². The summed E-state index contributed by atoms with van der Waals surface area (Å²) in [4.78, 5) is 6.30. The second-order valence-electron chi connectivity index (χ2n) is 7.68. The number of hydrogen-bond acceptors (Lipinski definition) is 4. The molecule has 0 saturated carbocycles. The molecule has 0 amide bonds. The Morgan fingerprint density at radius 1 is 1.00 bits per heavy atom. The number of allylic oxidation sites excluding steroid dienone is 1. The predicted octanol–water partition coefficient (Wildman–Crippen LogP) is 6.54. The summed E-state index contributed by atoms with van der Waals surface area (Å²) >= 11 is 11.9. The number of thiocarbonyl (C=S) groups is 1. The summed E-state index contributed by atoms with van der Waals surface area (Å²) in [5, 5.41) is 8.35. The third-order valence-electron chi connectivity index (χ3n) is 5.49. The standard InChI is InChI=1S/C25H17ClF2N4OS/c1-14-21(24-30-23(31-33-24)15-8-10-18(27)11-9-15)22(16-4-2-5-17(26)12-16)29-25(34)32(14)20-7-3-6-19(28)13-20/h2-13,22H,1H3,(H,29,34). The van der Waals surface area contributed by atoms with Gasteiger partial charge in [-0.3, -0.25) is 4.90 Å². The van der Waals surface area contributed by atoms with E-state index in [0.717, 1.165) is 5.56 Å². The lowest BCUT2D eigenvalue weighted by molar-refractivity contribution is 0.404. The van der Waals surface area contributed by atoms with E-state index in [0.29, 0.717) is 38.5 Å². The number of nitrogens with zero attached hydrogens (tertiary/aromatic N) is 3. The van der Waals surface area contributed by atoms with Gasteiger partial charge in [0.2, 0.25) is 5.82 Å². The van der Waals surface area contributed by atoms with E-state index in [2.05, 4.69) is 15.5 Å². The van der Waals surface area contributed by atoms with Crippen LogP contribution < -0.4 is 10.2 Å². The third kappa shape index (κ3) is 4.18. The predicted molar refractivity (Wildman–Crippen MR) is 131 cm³/mol. The van der Waals surface area contributed by atoms with Gasteiger partial charge in [-0.15, -0.1) is 0 Å². The maximum atomic E-state index is 14.0. The lowest BCUT2D eigenvalue weighted by atomic mass is 9.94. The molecule has 170 valence electrons. The first-order chi connectivity index (χ1) is 16.4. The van der Waals surface area contributed by atoms with Crippen LogP contribution in [0.15, 0.2) is 83.0 Å². The van der Waals surface area contributed by atoms with Gasteiger partial charge in [-0.25, -0.2) is 8.78 Å². The third-order valence-corrected chi connectivity index (χ3v) is 6.03. The highest BCUT2D eigenvalue weighted by atomic mass is 35.5. The Balaban J connectivity index is 1.66. The fraction of sp³-hybridized carbons (Fsp3) is 0.0800. The minimum Gasteiger partial charge on any atom is -0.351 e. The van der Waals surface area contributed by atoms with Gasteiger partial charge in [0.1, 0.15) is 11.6 Å². The summed E-state index contributed by atoms with van der Waals surface area (Å²) in [6.45, 7) is 1.85. The molecule has 4 aromatic rings. The molecular weight excluding hydrogens is 478 g/mol. The van der Waals surface area contributed by atoms with Crippen molar-refractivity contribution in [2.75, 3.05) is 4.90 Å². The van der Waals surface area contributed by atoms with E-state index in [9.17, 15) is 8.78 Å². The zero-order valence-corrected chi connectivity index (χ0v) is 19.4. The topological polar surface area (TPSA) is 54.2 Å². The molecule has 1 N–H and O–H groups in total. The monoisotopic (exact) mass is 494 g/mol. The zero-order valence-electron chi connectivity index (χ0n) is 17.8. The zero-order chi connectivity index (χ0) is 23.8. The maximum absolute atomic E-state index is 14.0. The van der Waals surface area contributed by atoms with Crippen molar-refractivity contribution in [1.29, 1.82) is 0 Å². The van der Waals surface area contributed by atoms with E-state index in [4.69, 9.17) is 28.3 Å². The number of halogens is 3. The van der Waals surface area contributed by atoms with Crippen LogP contribution in [0.1, 0.15) is 24.4 Å². The van der Waals surface area contributed by atoms with Gasteiger partial charge in [0.15, 0.2) is 5.11 Å². The summed E-state index contributed by atoms with van der Waals surface area (Å²) in [6.07, 6.45) is 0. The largest absolute Gasteiger partial charge is 0.351 e. The summed E-state index contributed by atoms with van der Waals surface area (Å²) < 4.78 is 33.0. The molecule has 0 saturated heterocycles. The molecule has 1 atom stereocenters. The molecule has 9 heteroatoms. The van der Waals surface area contributed by atoms with E-state index in [1.54, 1.807) is 35.2 Å². The van der Waals surface area contributed by atoms with Crippen molar-refractivity contribution in [3.63, 3.8) is 0 Å². The molecule has 0 bridgehead atoms. The number of anilines is 1. The molecule has 2 heterocycles. The summed E-state index contributed by atoms with van der Waals surface area (Å²) in [5.41, 5.74) is 3.34. The molecule has 3 aromatic carbocycles. The van der Waals surface area contributed by atoms with Crippen molar-refractivity contribution in [1.82, 2.24) is 15.5 Å². The molecule has 0 fully saturated rings. The van der Waals surface area contributed by atoms with E-state index >= 15 is 0 Å². The minimum absolute atomic E-state index is 0.248. The van der Waals surface area contributed by atoms with Crippen LogP contribution in [0.25, 0.3) is 17.0 Å². The van der Waals surface area contributed by atoms with Crippen LogP contribution in [-0.2, 0) is 0 Å². The fourth-order valence-electron chi connectivity index (χ4n) is 3.93. The van der Waals surface area contributed by atoms with Crippen LogP contribution in [0.4, 0.5) is 14.5 Å². The van der Waals surface area contributed by atoms with Crippen molar-refractivity contribution in [3.05, 3.63) is 107 Å². The Morgan fingerprint density at radius 3 is 2.50 bits per heavy atom. The second-order valence-corrected chi connectivity index (χ2v) is 8.51. The first-order valence-electron chi connectivity index (χ1n) is 10.3. The lowest BCUT2D eigenvalue weighted by Crippen LogP contribution is -2.46. The van der Waals surface area contributed by atoms with Crippen LogP contribution >= 0.6 is 23.8 Å². The van der Waals surface area contributed by atoms with Gasteiger partial charge in [0.05, 0.1) is 17.3 Å². The van der Waals surface area contributed by atoms with Gasteiger partial charge in [0, 0.05) is 16.3 Å². The Hall–Kier alpha value is -3.62. The molecule has 5 rings (SSSR count). The van der Waals surface area contributed by atoms with Crippen LogP contribution in [0.5, 0.6) is 0 Å². The molecular formula is C25H17ClF2N4OS. The molecule has 1 unspecified atom stereocenters. The van der Waals surface area contributed by atoms with Crippen molar-refractivity contribution < 1.29 is 13.3 Å². The average molecular weight is 495 g/mol. The van der Waals surface area contributed by atoms with Gasteiger partial charge in [-0.1, -0.05) is 35.0 Å². The average Bonchev–Trinajstić information content (AvgIpc) is 3.29. The highest BCUT2D eigenvalue weighted by Gasteiger charge is 2.35. The summed E-state index contributed by atoms with van der Waals surface area (Å²) in [5.74, 6) is -0.186. The van der Waals surface area contributed by atoms with Gasteiger partial charge >= 0.3 is 0 Å². The number of nitrogens with one attached hydrogen (secondary N) is 1. The highest BCUT2D eigenvalue weighted by Crippen LogP contribution is 2.39. The maximum Gasteiger partial charge on any atom is 0.258 e. The van der Waals surface area contributed by atoms with Gasteiger partial charge in [-0.2, -0.15) is 4.98 Å². The van der Waals surface area contributed by atoms with Crippen LogP contribution in [-0.4, -0.2) is 15.3 Å². The van der Waals surface area contributed by atoms with E-state index in [1.165, 1.54) is 24.3 Å². The summed E-state index contributed by atoms with van der Waals surface area (Å²) in [6, 6.07) is 18.9. The molecule has 0 radical (unpaired) electrons. The number of benzene rings is 3. The van der Waals surface area contributed by atoms with Crippen molar-refractivity contribution in [3.8, 4) is 11.4 Å². The smallest absolute Gasteiger partial charge is 0.258 e. The molecule has 0 aliphatic carbocycles. The van der Waals surface area contributed by atoms with Crippen LogP contribution in [0.3, 0.4) is 0 Å². The fourth-order valence-corrected chi connectivity index (χ4v) is 4.49. The van der Waals surface area contributed by atoms with Crippen LogP contribution in [0, 0.1) is 11.6 Å².